The maximum Gasteiger partial charge on any atom is 0.163 e. The number of aliphatic hydroxyl groups excluding tert-OH is 1. The molecule has 0 bridgehead atoms. The maximum absolute atomic E-state index is 9.52. The van der Waals surface area contributed by atoms with Crippen molar-refractivity contribution in [3.8, 4) is 12.3 Å². The molecule has 13 heavy (non-hydrogen) atoms. The van der Waals surface area contributed by atoms with E-state index in [1.54, 1.807) is 0 Å². The van der Waals surface area contributed by atoms with Crippen molar-refractivity contribution in [3.05, 3.63) is 12.2 Å². The van der Waals surface area contributed by atoms with E-state index >= 15 is 0 Å². The first-order chi connectivity index (χ1) is 6.05. The summed E-state index contributed by atoms with van der Waals surface area (Å²) in [4.78, 5) is 0. The van der Waals surface area contributed by atoms with E-state index < -0.39 is 11.9 Å². The summed E-state index contributed by atoms with van der Waals surface area (Å²) in [6, 6.07) is 0. The Morgan fingerprint density at radius 3 is 2.85 bits per heavy atom. The van der Waals surface area contributed by atoms with Gasteiger partial charge in [0.2, 0.25) is 0 Å². The molecule has 1 heterocycles. The van der Waals surface area contributed by atoms with Crippen LogP contribution in [-0.2, 0) is 9.47 Å². The summed E-state index contributed by atoms with van der Waals surface area (Å²) in [7, 11) is 0. The van der Waals surface area contributed by atoms with E-state index in [0.717, 1.165) is 0 Å². The summed E-state index contributed by atoms with van der Waals surface area (Å²) in [5, 5.41) is 9.52. The van der Waals surface area contributed by atoms with Crippen LogP contribution >= 0.6 is 0 Å². The normalized spacial score (nSPS) is 28.9. The molecular formula is C10H14O3. The molecule has 3 heteroatoms. The lowest BCUT2D eigenvalue weighted by Gasteiger charge is -2.18. The van der Waals surface area contributed by atoms with Crippen LogP contribution in [-0.4, -0.2) is 29.7 Å². The Hall–Kier alpha value is -0.820. The molecule has 0 aromatic rings. The lowest BCUT2D eigenvalue weighted by atomic mass is 10.2. The van der Waals surface area contributed by atoms with Gasteiger partial charge in [0.05, 0.1) is 6.61 Å². The minimum absolute atomic E-state index is 0.320. The van der Waals surface area contributed by atoms with Gasteiger partial charge in [-0.05, 0) is 26.0 Å². The van der Waals surface area contributed by atoms with Crippen molar-refractivity contribution in [1.82, 2.24) is 0 Å². The second kappa shape index (κ2) is 3.93. The van der Waals surface area contributed by atoms with Gasteiger partial charge in [-0.2, -0.15) is 0 Å². The number of ether oxygens (including phenoxy) is 2. The number of hydrogen-bond acceptors (Lipinski definition) is 3. The number of hydrogen-bond donors (Lipinski definition) is 1. The van der Waals surface area contributed by atoms with Gasteiger partial charge in [-0.3, -0.25) is 0 Å². The van der Waals surface area contributed by atoms with Gasteiger partial charge >= 0.3 is 0 Å². The predicted molar refractivity (Wildman–Crippen MR) is 48.9 cm³/mol. The zero-order valence-electron chi connectivity index (χ0n) is 7.86. The van der Waals surface area contributed by atoms with Crippen LogP contribution in [0.3, 0.4) is 0 Å². The Bertz CT molecular complexity index is 237. The standard InChI is InChI=1S/C10H14O3/c1-4-5-6-8(11)9-7-12-10(2,3)13-9/h1,5-6,8-9,11H,7H2,2-3H3/b6-5+/t8-,9+/m0/s1. The molecular weight excluding hydrogens is 168 g/mol. The smallest absolute Gasteiger partial charge is 0.163 e. The number of aliphatic hydroxyl groups is 1. The molecule has 1 saturated heterocycles. The average Bonchev–Trinajstić information content (AvgIpc) is 2.42. The summed E-state index contributed by atoms with van der Waals surface area (Å²) in [5.74, 6) is 1.70. The van der Waals surface area contributed by atoms with Crippen molar-refractivity contribution in [2.45, 2.75) is 31.8 Å². The molecule has 0 aliphatic carbocycles. The third kappa shape index (κ3) is 2.85. The van der Waals surface area contributed by atoms with Crippen molar-refractivity contribution in [1.29, 1.82) is 0 Å². The SMILES string of the molecule is C#C/C=C/[C@H](O)[C@H]1COC(C)(C)O1. The molecule has 0 aromatic heterocycles. The zero-order chi connectivity index (χ0) is 9.90. The highest BCUT2D eigenvalue weighted by Crippen LogP contribution is 2.24. The molecule has 1 fully saturated rings. The summed E-state index contributed by atoms with van der Waals surface area (Å²) in [5.41, 5.74) is 0. The molecule has 1 aliphatic heterocycles. The van der Waals surface area contributed by atoms with Gasteiger partial charge in [0.1, 0.15) is 12.2 Å². The Morgan fingerprint density at radius 1 is 1.69 bits per heavy atom. The minimum Gasteiger partial charge on any atom is -0.386 e. The van der Waals surface area contributed by atoms with Crippen molar-refractivity contribution < 1.29 is 14.6 Å². The molecule has 0 amide bonds. The molecule has 0 spiro atoms. The summed E-state index contributed by atoms with van der Waals surface area (Å²) in [6.07, 6.45) is 6.97. The van der Waals surface area contributed by atoms with Crippen LogP contribution in [0.2, 0.25) is 0 Å². The first-order valence-electron chi connectivity index (χ1n) is 4.18. The van der Waals surface area contributed by atoms with Gasteiger partial charge in [0, 0.05) is 0 Å². The Morgan fingerprint density at radius 2 is 2.38 bits per heavy atom. The molecule has 1 rings (SSSR count). The van der Waals surface area contributed by atoms with Crippen LogP contribution in [0.25, 0.3) is 0 Å². The summed E-state index contributed by atoms with van der Waals surface area (Å²) < 4.78 is 10.7. The monoisotopic (exact) mass is 182 g/mol. The second-order valence-electron chi connectivity index (χ2n) is 3.38. The van der Waals surface area contributed by atoms with Gasteiger partial charge in [-0.25, -0.2) is 0 Å². The van der Waals surface area contributed by atoms with E-state index in [2.05, 4.69) is 5.92 Å². The molecule has 2 atom stereocenters. The number of terminal acetylenes is 1. The van der Waals surface area contributed by atoms with Crippen molar-refractivity contribution in [3.63, 3.8) is 0 Å². The number of rotatable bonds is 2. The average molecular weight is 182 g/mol. The van der Waals surface area contributed by atoms with Gasteiger partial charge < -0.3 is 14.6 Å². The lowest BCUT2D eigenvalue weighted by molar-refractivity contribution is -0.147. The van der Waals surface area contributed by atoms with Crippen LogP contribution in [0.1, 0.15) is 13.8 Å². The molecule has 1 N–H and O–H groups in total. The van der Waals surface area contributed by atoms with Crippen molar-refractivity contribution in [2.24, 2.45) is 0 Å². The molecule has 0 aromatic carbocycles. The molecule has 1 aliphatic rings. The minimum atomic E-state index is -0.696. The van der Waals surface area contributed by atoms with Crippen LogP contribution in [0.15, 0.2) is 12.2 Å². The highest BCUT2D eigenvalue weighted by molar-refractivity contribution is 5.11. The Labute approximate surface area is 78.3 Å². The van der Waals surface area contributed by atoms with E-state index in [9.17, 15) is 5.11 Å². The molecule has 3 nitrogen and oxygen atoms in total. The maximum atomic E-state index is 9.52. The van der Waals surface area contributed by atoms with E-state index in [1.807, 2.05) is 13.8 Å². The fourth-order valence-corrected chi connectivity index (χ4v) is 1.16. The topological polar surface area (TPSA) is 38.7 Å². The largest absolute Gasteiger partial charge is 0.386 e. The molecule has 0 radical (unpaired) electrons. The van der Waals surface area contributed by atoms with Gasteiger partial charge in [0.25, 0.3) is 0 Å². The van der Waals surface area contributed by atoms with E-state index in [0.29, 0.717) is 6.61 Å². The quantitative estimate of drug-likeness (QED) is 0.638. The van der Waals surface area contributed by atoms with Crippen LogP contribution in [0, 0.1) is 12.3 Å². The third-order valence-corrected chi connectivity index (χ3v) is 1.80. The summed E-state index contributed by atoms with van der Waals surface area (Å²) in [6.45, 7) is 4.01. The van der Waals surface area contributed by atoms with Gasteiger partial charge in [-0.1, -0.05) is 5.92 Å². The van der Waals surface area contributed by atoms with E-state index in [-0.39, 0.29) is 6.10 Å². The third-order valence-electron chi connectivity index (χ3n) is 1.80. The van der Waals surface area contributed by atoms with Crippen molar-refractivity contribution >= 4 is 0 Å². The fraction of sp³-hybridized carbons (Fsp3) is 0.600. The fourth-order valence-electron chi connectivity index (χ4n) is 1.16. The van der Waals surface area contributed by atoms with Gasteiger partial charge in [0.15, 0.2) is 5.79 Å². The van der Waals surface area contributed by atoms with Crippen LogP contribution in [0.5, 0.6) is 0 Å². The first kappa shape index (κ1) is 10.3. The highest BCUT2D eigenvalue weighted by Gasteiger charge is 2.35. The van der Waals surface area contributed by atoms with Crippen molar-refractivity contribution in [2.75, 3.05) is 6.61 Å². The van der Waals surface area contributed by atoms with Gasteiger partial charge in [-0.15, -0.1) is 6.42 Å². The van der Waals surface area contributed by atoms with E-state index in [1.165, 1.54) is 12.2 Å². The summed E-state index contributed by atoms with van der Waals surface area (Å²) >= 11 is 0. The molecule has 72 valence electrons. The number of allylic oxidation sites excluding steroid dienone is 1. The zero-order valence-corrected chi connectivity index (χ0v) is 7.86. The van der Waals surface area contributed by atoms with Crippen LogP contribution in [0.4, 0.5) is 0 Å². The molecule has 0 saturated carbocycles. The predicted octanol–water partition coefficient (Wildman–Crippen LogP) is 0.688. The first-order valence-corrected chi connectivity index (χ1v) is 4.18. The Balaban J connectivity index is 2.47. The Kier molecular flexibility index (Phi) is 3.10. The lowest BCUT2D eigenvalue weighted by Crippen LogP contribution is -2.29. The van der Waals surface area contributed by atoms with E-state index in [4.69, 9.17) is 15.9 Å². The second-order valence-corrected chi connectivity index (χ2v) is 3.38. The highest BCUT2D eigenvalue weighted by atomic mass is 16.7. The van der Waals surface area contributed by atoms with Crippen LogP contribution < -0.4 is 0 Å². The molecule has 0 unspecified atom stereocenters.